The number of thiophene rings is 1. The molecule has 1 aromatic carbocycles. The summed E-state index contributed by atoms with van der Waals surface area (Å²) >= 11 is 1.60. The molecule has 0 spiro atoms. The molecule has 3 aromatic heterocycles. The van der Waals surface area contributed by atoms with Crippen LogP contribution in [0.15, 0.2) is 58.6 Å². The highest BCUT2D eigenvalue weighted by molar-refractivity contribution is 7.13. The molecule has 0 amide bonds. The van der Waals surface area contributed by atoms with Crippen molar-refractivity contribution in [2.24, 2.45) is 0 Å². The second-order valence-electron chi connectivity index (χ2n) is 5.30. The quantitative estimate of drug-likeness (QED) is 0.489. The van der Waals surface area contributed by atoms with E-state index in [2.05, 4.69) is 15.1 Å². The average Bonchev–Trinajstić information content (AvgIpc) is 3.30. The fourth-order valence-electron chi connectivity index (χ4n) is 2.42. The molecule has 120 valence electrons. The van der Waals surface area contributed by atoms with Crippen molar-refractivity contribution in [3.8, 4) is 16.5 Å². The predicted octanol–water partition coefficient (Wildman–Crippen LogP) is 4.36. The first kappa shape index (κ1) is 14.8. The Hall–Kier alpha value is -2.73. The van der Waals surface area contributed by atoms with Gasteiger partial charge in [0.05, 0.1) is 17.0 Å². The van der Waals surface area contributed by atoms with Crippen LogP contribution in [0.3, 0.4) is 0 Å². The van der Waals surface area contributed by atoms with Gasteiger partial charge >= 0.3 is 0 Å². The van der Waals surface area contributed by atoms with Crippen LogP contribution in [-0.4, -0.2) is 21.7 Å². The zero-order valence-electron chi connectivity index (χ0n) is 12.9. The van der Waals surface area contributed by atoms with Crippen molar-refractivity contribution in [1.82, 2.24) is 15.1 Å². The lowest BCUT2D eigenvalue weighted by atomic mass is 10.2. The van der Waals surface area contributed by atoms with Crippen LogP contribution in [0, 0.1) is 0 Å². The Kier molecular flexibility index (Phi) is 4.20. The van der Waals surface area contributed by atoms with Crippen molar-refractivity contribution in [2.75, 3.05) is 6.61 Å². The van der Waals surface area contributed by atoms with Crippen LogP contribution < -0.4 is 4.74 Å². The molecular formula is C18H15N3O2S. The van der Waals surface area contributed by atoms with Crippen LogP contribution in [0.1, 0.15) is 12.3 Å². The van der Waals surface area contributed by atoms with Gasteiger partial charge in [-0.1, -0.05) is 17.3 Å². The maximum Gasteiger partial charge on any atom is 0.227 e. The topological polar surface area (TPSA) is 61.0 Å². The molecule has 4 aromatic rings. The van der Waals surface area contributed by atoms with E-state index in [0.717, 1.165) is 28.0 Å². The van der Waals surface area contributed by atoms with Crippen LogP contribution in [0.2, 0.25) is 0 Å². The molecule has 0 aliphatic rings. The van der Waals surface area contributed by atoms with Gasteiger partial charge in [0, 0.05) is 18.0 Å². The summed E-state index contributed by atoms with van der Waals surface area (Å²) in [7, 11) is 0. The average molecular weight is 337 g/mol. The van der Waals surface area contributed by atoms with Crippen LogP contribution >= 0.6 is 11.3 Å². The van der Waals surface area contributed by atoms with Crippen LogP contribution in [0.4, 0.5) is 0 Å². The van der Waals surface area contributed by atoms with Crippen LogP contribution in [0.5, 0.6) is 5.75 Å². The molecule has 4 rings (SSSR count). The van der Waals surface area contributed by atoms with E-state index in [0.29, 0.717) is 24.7 Å². The van der Waals surface area contributed by atoms with Crippen molar-refractivity contribution in [2.45, 2.75) is 12.8 Å². The summed E-state index contributed by atoms with van der Waals surface area (Å²) in [6.07, 6.45) is 3.31. The van der Waals surface area contributed by atoms with Crippen molar-refractivity contribution < 1.29 is 9.26 Å². The van der Waals surface area contributed by atoms with Crippen LogP contribution in [-0.2, 0) is 6.42 Å². The Morgan fingerprint density at radius 2 is 2.12 bits per heavy atom. The summed E-state index contributed by atoms with van der Waals surface area (Å²) in [5, 5.41) is 7.08. The summed E-state index contributed by atoms with van der Waals surface area (Å²) in [6, 6.07) is 13.8. The number of aryl methyl sites for hydroxylation is 1. The largest absolute Gasteiger partial charge is 0.494 e. The number of nitrogens with zero attached hydrogens (tertiary/aromatic N) is 3. The van der Waals surface area contributed by atoms with Gasteiger partial charge in [0.2, 0.25) is 11.7 Å². The summed E-state index contributed by atoms with van der Waals surface area (Å²) in [6.45, 7) is 0.600. The molecule has 0 aliphatic heterocycles. The molecule has 0 saturated carbocycles. The molecule has 6 heteroatoms. The van der Waals surface area contributed by atoms with E-state index < -0.39 is 0 Å². The lowest BCUT2D eigenvalue weighted by Gasteiger charge is -2.06. The van der Waals surface area contributed by atoms with Gasteiger partial charge in [0.15, 0.2) is 0 Å². The number of hydrogen-bond acceptors (Lipinski definition) is 6. The minimum absolute atomic E-state index is 0.600. The lowest BCUT2D eigenvalue weighted by molar-refractivity contribution is 0.298. The number of benzene rings is 1. The summed E-state index contributed by atoms with van der Waals surface area (Å²) in [5.41, 5.74) is 0.969. The van der Waals surface area contributed by atoms with Crippen molar-refractivity contribution in [3.05, 3.63) is 59.9 Å². The number of ether oxygens (including phenoxy) is 1. The smallest absolute Gasteiger partial charge is 0.227 e. The zero-order valence-corrected chi connectivity index (χ0v) is 13.7. The number of rotatable bonds is 6. The first-order valence-corrected chi connectivity index (χ1v) is 8.60. The van der Waals surface area contributed by atoms with E-state index in [9.17, 15) is 0 Å². The molecule has 0 saturated heterocycles. The molecule has 3 heterocycles. The molecule has 24 heavy (non-hydrogen) atoms. The number of fused-ring (bicyclic) bond motifs is 1. The molecular weight excluding hydrogens is 322 g/mol. The van der Waals surface area contributed by atoms with E-state index in [1.165, 1.54) is 0 Å². The minimum Gasteiger partial charge on any atom is -0.494 e. The first-order chi connectivity index (χ1) is 11.9. The molecule has 0 atom stereocenters. The summed E-state index contributed by atoms with van der Waals surface area (Å²) in [4.78, 5) is 9.73. The molecule has 0 N–H and O–H groups in total. The second-order valence-corrected chi connectivity index (χ2v) is 6.25. The standard InChI is InChI=1S/C18H15N3O2S/c1-4-13-12-14(7-8-15(13)19-9-1)22-10-2-6-17-20-18(21-23-17)16-5-3-11-24-16/h1,3-5,7-9,11-12H,2,6,10H2. The molecule has 0 radical (unpaired) electrons. The molecule has 0 fully saturated rings. The highest BCUT2D eigenvalue weighted by Gasteiger charge is 2.09. The highest BCUT2D eigenvalue weighted by atomic mass is 32.1. The lowest BCUT2D eigenvalue weighted by Crippen LogP contribution is -1.99. The third-order valence-corrected chi connectivity index (χ3v) is 4.45. The monoisotopic (exact) mass is 337 g/mol. The zero-order chi connectivity index (χ0) is 16.2. The first-order valence-electron chi connectivity index (χ1n) is 7.72. The third-order valence-electron chi connectivity index (χ3n) is 3.59. The molecule has 5 nitrogen and oxygen atoms in total. The molecule has 0 unspecified atom stereocenters. The van der Waals surface area contributed by atoms with E-state index in [1.807, 2.05) is 47.8 Å². The maximum atomic E-state index is 5.80. The minimum atomic E-state index is 0.600. The van der Waals surface area contributed by atoms with Crippen molar-refractivity contribution in [1.29, 1.82) is 0 Å². The van der Waals surface area contributed by atoms with Gasteiger partial charge < -0.3 is 9.26 Å². The Morgan fingerprint density at radius 3 is 3.04 bits per heavy atom. The Morgan fingerprint density at radius 1 is 1.12 bits per heavy atom. The number of pyridine rings is 1. The summed E-state index contributed by atoms with van der Waals surface area (Å²) in [5.74, 6) is 2.15. The SMILES string of the molecule is c1csc(-c2noc(CCCOc3ccc4ncccc4c3)n2)c1. The second kappa shape index (κ2) is 6.80. The predicted molar refractivity (Wildman–Crippen MR) is 93.2 cm³/mol. The van der Waals surface area contributed by atoms with Gasteiger partial charge in [-0.2, -0.15) is 4.98 Å². The van der Waals surface area contributed by atoms with Gasteiger partial charge in [-0.15, -0.1) is 11.3 Å². The fraction of sp³-hybridized carbons (Fsp3) is 0.167. The number of aromatic nitrogens is 3. The molecule has 0 aliphatic carbocycles. The van der Waals surface area contributed by atoms with Gasteiger partial charge in [-0.3, -0.25) is 4.98 Å². The van der Waals surface area contributed by atoms with E-state index >= 15 is 0 Å². The van der Waals surface area contributed by atoms with Gasteiger partial charge in [0.1, 0.15) is 5.75 Å². The van der Waals surface area contributed by atoms with Gasteiger partial charge in [0.25, 0.3) is 0 Å². The molecule has 0 bridgehead atoms. The highest BCUT2D eigenvalue weighted by Crippen LogP contribution is 2.22. The normalized spacial score (nSPS) is 11.0. The Labute approximate surface area is 142 Å². The maximum absolute atomic E-state index is 5.80. The van der Waals surface area contributed by atoms with Crippen molar-refractivity contribution in [3.63, 3.8) is 0 Å². The van der Waals surface area contributed by atoms with Crippen LogP contribution in [0.25, 0.3) is 21.6 Å². The van der Waals surface area contributed by atoms with Gasteiger partial charge in [-0.05, 0) is 42.1 Å². The van der Waals surface area contributed by atoms with Crippen molar-refractivity contribution >= 4 is 22.2 Å². The number of hydrogen-bond donors (Lipinski definition) is 0. The van der Waals surface area contributed by atoms with E-state index in [4.69, 9.17) is 9.26 Å². The Balaban J connectivity index is 1.31. The Bertz CT molecular complexity index is 934. The summed E-state index contributed by atoms with van der Waals surface area (Å²) < 4.78 is 11.1. The fourth-order valence-corrected chi connectivity index (χ4v) is 3.07. The van der Waals surface area contributed by atoms with E-state index in [1.54, 1.807) is 17.5 Å². The third kappa shape index (κ3) is 3.28. The van der Waals surface area contributed by atoms with Gasteiger partial charge in [-0.25, -0.2) is 0 Å². The van der Waals surface area contributed by atoms with E-state index in [-0.39, 0.29) is 0 Å².